The van der Waals surface area contributed by atoms with E-state index in [0.717, 1.165) is 42.9 Å². The van der Waals surface area contributed by atoms with Gasteiger partial charge >= 0.3 is 0 Å². The van der Waals surface area contributed by atoms with Crippen LogP contribution in [0.1, 0.15) is 42.3 Å². The number of aryl methyl sites for hydroxylation is 1. The van der Waals surface area contributed by atoms with Gasteiger partial charge in [-0.1, -0.05) is 42.4 Å². The first-order valence-corrected chi connectivity index (χ1v) is 11.7. The molecule has 1 aliphatic heterocycles. The second-order valence-electron chi connectivity index (χ2n) is 9.00. The van der Waals surface area contributed by atoms with E-state index in [2.05, 4.69) is 17.0 Å². The van der Waals surface area contributed by atoms with Crippen LogP contribution >= 0.6 is 0 Å². The molecule has 1 saturated heterocycles. The largest absolute Gasteiger partial charge is 0.366 e. The van der Waals surface area contributed by atoms with E-state index in [0.29, 0.717) is 36.6 Å². The summed E-state index contributed by atoms with van der Waals surface area (Å²) < 4.78 is 5.43. The maximum atomic E-state index is 12.9. The van der Waals surface area contributed by atoms with Crippen LogP contribution in [0.2, 0.25) is 0 Å². The predicted molar refractivity (Wildman–Crippen MR) is 131 cm³/mol. The number of hydrogen-bond donors (Lipinski definition) is 0. The third kappa shape index (κ3) is 5.44. The summed E-state index contributed by atoms with van der Waals surface area (Å²) in [6, 6.07) is 16.6. The Morgan fingerprint density at radius 1 is 1.18 bits per heavy atom. The van der Waals surface area contributed by atoms with Gasteiger partial charge in [0, 0.05) is 56.4 Å². The summed E-state index contributed by atoms with van der Waals surface area (Å²) in [4.78, 5) is 27.9. The molecule has 1 fully saturated rings. The van der Waals surface area contributed by atoms with Crippen LogP contribution in [0.3, 0.4) is 0 Å². The summed E-state index contributed by atoms with van der Waals surface area (Å²) in [5.74, 6) is 1.16. The Morgan fingerprint density at radius 3 is 2.62 bits per heavy atom. The van der Waals surface area contributed by atoms with Crippen molar-refractivity contribution in [1.29, 1.82) is 0 Å². The minimum absolute atomic E-state index is 0.0103. The summed E-state index contributed by atoms with van der Waals surface area (Å²) >= 11 is 0. The van der Waals surface area contributed by atoms with E-state index in [9.17, 15) is 14.9 Å². The third-order valence-corrected chi connectivity index (χ3v) is 6.44. The molecule has 8 heteroatoms. The minimum Gasteiger partial charge on any atom is -0.366 e. The Bertz CT molecular complexity index is 1140. The van der Waals surface area contributed by atoms with Gasteiger partial charge in [0.05, 0.1) is 4.92 Å². The van der Waals surface area contributed by atoms with Crippen LogP contribution in [0.5, 0.6) is 0 Å². The molecule has 0 radical (unpaired) electrons. The summed E-state index contributed by atoms with van der Waals surface area (Å²) in [6.45, 7) is 4.29. The van der Waals surface area contributed by atoms with Gasteiger partial charge in [-0.25, -0.2) is 0 Å². The van der Waals surface area contributed by atoms with Crippen molar-refractivity contribution >= 4 is 17.3 Å². The average Bonchev–Trinajstić information content (AvgIpc) is 3.33. The molecule has 0 unspecified atom stereocenters. The van der Waals surface area contributed by atoms with Crippen molar-refractivity contribution in [1.82, 2.24) is 10.1 Å². The van der Waals surface area contributed by atoms with E-state index in [1.807, 2.05) is 36.4 Å². The van der Waals surface area contributed by atoms with Gasteiger partial charge in [0.1, 0.15) is 17.1 Å². The molecule has 4 rings (SSSR count). The number of nitro groups is 1. The van der Waals surface area contributed by atoms with Crippen molar-refractivity contribution in [3.05, 3.63) is 76.0 Å². The van der Waals surface area contributed by atoms with Gasteiger partial charge in [-0.15, -0.1) is 0 Å². The number of rotatable bonds is 8. The van der Waals surface area contributed by atoms with E-state index in [1.54, 1.807) is 24.1 Å². The van der Waals surface area contributed by atoms with Gasteiger partial charge in [-0.3, -0.25) is 14.9 Å². The molecule has 0 saturated carbocycles. The zero-order valence-corrected chi connectivity index (χ0v) is 19.6. The highest BCUT2D eigenvalue weighted by molar-refractivity contribution is 5.95. The molecule has 2 aromatic carbocycles. The summed E-state index contributed by atoms with van der Waals surface area (Å²) in [6.07, 6.45) is 3.36. The minimum atomic E-state index is -0.390. The van der Waals surface area contributed by atoms with E-state index < -0.39 is 4.92 Å². The number of amides is 1. The Hall–Kier alpha value is -3.68. The Kier molecular flexibility index (Phi) is 7.25. The lowest BCUT2D eigenvalue weighted by molar-refractivity contribution is -0.384. The van der Waals surface area contributed by atoms with Crippen LogP contribution in [0.4, 0.5) is 11.4 Å². The molecule has 178 valence electrons. The van der Waals surface area contributed by atoms with Crippen molar-refractivity contribution in [2.75, 3.05) is 31.6 Å². The van der Waals surface area contributed by atoms with Crippen molar-refractivity contribution in [3.8, 4) is 11.3 Å². The predicted octanol–water partition coefficient (Wildman–Crippen LogP) is 5.19. The first kappa shape index (κ1) is 23.5. The van der Waals surface area contributed by atoms with E-state index >= 15 is 0 Å². The first-order chi connectivity index (χ1) is 16.4. The molecule has 0 atom stereocenters. The maximum Gasteiger partial charge on any atom is 0.293 e. The van der Waals surface area contributed by atoms with Crippen LogP contribution in [0.25, 0.3) is 11.3 Å². The molecule has 0 aliphatic carbocycles. The highest BCUT2D eigenvalue weighted by Crippen LogP contribution is 2.32. The number of carbonyl (C=O) groups is 1. The summed E-state index contributed by atoms with van der Waals surface area (Å²) in [7, 11) is 1.71. The Labute approximate surface area is 199 Å². The van der Waals surface area contributed by atoms with Crippen molar-refractivity contribution in [2.45, 2.75) is 32.6 Å². The number of anilines is 1. The lowest BCUT2D eigenvalue weighted by Crippen LogP contribution is -2.33. The molecule has 1 aromatic heterocycles. The smallest absolute Gasteiger partial charge is 0.293 e. The lowest BCUT2D eigenvalue weighted by atomic mass is 9.98. The molecule has 0 spiro atoms. The normalized spacial score (nSPS) is 14.2. The molecule has 0 bridgehead atoms. The topological polar surface area (TPSA) is 92.7 Å². The van der Waals surface area contributed by atoms with E-state index in [-0.39, 0.29) is 11.6 Å². The van der Waals surface area contributed by atoms with Crippen LogP contribution in [0, 0.1) is 16.0 Å². The second-order valence-corrected chi connectivity index (χ2v) is 9.00. The summed E-state index contributed by atoms with van der Waals surface area (Å²) in [5.41, 5.74) is 2.69. The fourth-order valence-corrected chi connectivity index (χ4v) is 4.31. The molecule has 8 nitrogen and oxygen atoms in total. The zero-order valence-electron chi connectivity index (χ0n) is 19.6. The molecule has 2 heterocycles. The highest BCUT2D eigenvalue weighted by atomic mass is 16.6. The van der Waals surface area contributed by atoms with Crippen molar-refractivity contribution in [3.63, 3.8) is 0 Å². The van der Waals surface area contributed by atoms with Gasteiger partial charge < -0.3 is 14.3 Å². The summed E-state index contributed by atoms with van der Waals surface area (Å²) in [5, 5.41) is 15.9. The number of benzene rings is 2. The number of carbonyl (C=O) groups excluding carboxylic acids is 1. The van der Waals surface area contributed by atoms with E-state index in [4.69, 9.17) is 4.52 Å². The Morgan fingerprint density at radius 2 is 1.91 bits per heavy atom. The highest BCUT2D eigenvalue weighted by Gasteiger charge is 2.25. The molecular formula is C26H30N4O4. The molecule has 0 N–H and O–H groups in total. The fraction of sp³-hybridized carbons (Fsp3) is 0.385. The number of piperidine rings is 1. The average molecular weight is 463 g/mol. The second kappa shape index (κ2) is 10.5. The SMILES string of the molecule is CC1CCN(c2ccc(C(=O)N(C)CCCc3cc(-c4ccccc4)no3)cc2[N+](=O)[O-])CC1. The van der Waals surface area contributed by atoms with Gasteiger partial charge in [0.15, 0.2) is 0 Å². The third-order valence-electron chi connectivity index (χ3n) is 6.44. The van der Waals surface area contributed by atoms with Crippen LogP contribution in [-0.2, 0) is 6.42 Å². The van der Waals surface area contributed by atoms with E-state index in [1.165, 1.54) is 6.07 Å². The quantitative estimate of drug-likeness (QED) is 0.338. The van der Waals surface area contributed by atoms with Gasteiger partial charge in [-0.05, 0) is 37.3 Å². The zero-order chi connectivity index (χ0) is 24.1. The van der Waals surface area contributed by atoms with Gasteiger partial charge in [0.2, 0.25) is 0 Å². The lowest BCUT2D eigenvalue weighted by Gasteiger charge is -2.31. The molecular weight excluding hydrogens is 432 g/mol. The van der Waals surface area contributed by atoms with Gasteiger partial charge in [-0.2, -0.15) is 0 Å². The van der Waals surface area contributed by atoms with Crippen LogP contribution < -0.4 is 4.90 Å². The molecule has 1 amide bonds. The number of aromatic nitrogens is 1. The number of nitro benzene ring substituents is 1. The molecule has 3 aromatic rings. The number of nitrogens with zero attached hydrogens (tertiary/aromatic N) is 4. The number of hydrogen-bond acceptors (Lipinski definition) is 6. The molecule has 34 heavy (non-hydrogen) atoms. The standard InChI is InChI=1S/C26H30N4O4/c1-19-12-15-29(16-13-19)24-11-10-21(17-25(24)30(32)33)26(31)28(2)14-6-9-22-18-23(27-34-22)20-7-4-3-5-8-20/h3-5,7-8,10-11,17-19H,6,9,12-16H2,1-2H3. The van der Waals surface area contributed by atoms with Crippen molar-refractivity contribution in [2.24, 2.45) is 5.92 Å². The van der Waals surface area contributed by atoms with Crippen molar-refractivity contribution < 1.29 is 14.2 Å². The van der Waals surface area contributed by atoms with Crippen LogP contribution in [-0.4, -0.2) is 47.6 Å². The monoisotopic (exact) mass is 462 g/mol. The Balaban J connectivity index is 1.36. The first-order valence-electron chi connectivity index (χ1n) is 11.7. The van der Waals surface area contributed by atoms with Crippen LogP contribution in [0.15, 0.2) is 59.1 Å². The maximum absolute atomic E-state index is 12.9. The van der Waals surface area contributed by atoms with Gasteiger partial charge in [0.25, 0.3) is 11.6 Å². The fourth-order valence-electron chi connectivity index (χ4n) is 4.31. The molecule has 1 aliphatic rings.